The van der Waals surface area contributed by atoms with Crippen molar-refractivity contribution < 1.29 is 19.6 Å². The lowest BCUT2D eigenvalue weighted by Gasteiger charge is -2.06. The van der Waals surface area contributed by atoms with E-state index in [2.05, 4.69) is 27.6 Å². The minimum Gasteiger partial charge on any atom is -0.477 e. The van der Waals surface area contributed by atoms with E-state index in [9.17, 15) is 14.9 Å². The van der Waals surface area contributed by atoms with Gasteiger partial charge >= 0.3 is 11.7 Å². The molecule has 0 fully saturated rings. The van der Waals surface area contributed by atoms with Crippen molar-refractivity contribution in [3.63, 3.8) is 0 Å². The first-order valence-electron chi connectivity index (χ1n) is 5.28. The van der Waals surface area contributed by atoms with E-state index >= 15 is 0 Å². The van der Waals surface area contributed by atoms with E-state index in [-0.39, 0.29) is 5.88 Å². The lowest BCUT2D eigenvalue weighted by molar-refractivity contribution is -0.385. The first-order chi connectivity index (χ1) is 9.47. The quantitative estimate of drug-likeness (QED) is 0.492. The molecule has 102 valence electrons. The van der Waals surface area contributed by atoms with Crippen molar-refractivity contribution in [1.82, 2.24) is 4.98 Å². The lowest BCUT2D eigenvalue weighted by atomic mass is 10.2. The van der Waals surface area contributed by atoms with E-state index in [0.717, 1.165) is 15.8 Å². The summed E-state index contributed by atoms with van der Waals surface area (Å²) in [5, 5.41) is 19.7. The van der Waals surface area contributed by atoms with Crippen LogP contribution in [0.4, 0.5) is 5.69 Å². The van der Waals surface area contributed by atoms with Gasteiger partial charge in [0.1, 0.15) is 17.5 Å². The van der Waals surface area contributed by atoms with E-state index in [1.54, 1.807) is 18.2 Å². The molecule has 0 saturated carbocycles. The summed E-state index contributed by atoms with van der Waals surface area (Å²) in [6.07, 6.45) is 0.868. The van der Waals surface area contributed by atoms with Gasteiger partial charge in [0, 0.05) is 9.64 Å². The fraction of sp³-hybridized carbons (Fsp3) is 0. The molecule has 2 rings (SSSR count). The number of carboxylic acids is 1. The van der Waals surface area contributed by atoms with Crippen LogP contribution in [0.1, 0.15) is 10.4 Å². The Bertz CT molecular complexity index is 689. The van der Waals surface area contributed by atoms with Gasteiger partial charge in [-0.05, 0) is 40.8 Å². The van der Waals surface area contributed by atoms with Gasteiger partial charge in [-0.25, -0.2) is 9.78 Å². The van der Waals surface area contributed by atoms with Gasteiger partial charge in [-0.2, -0.15) is 0 Å². The second-order valence-electron chi connectivity index (χ2n) is 3.66. The zero-order valence-electron chi connectivity index (χ0n) is 9.82. The number of carboxylic acid groups (broad SMARTS) is 1. The fourth-order valence-electron chi connectivity index (χ4n) is 1.45. The molecule has 0 radical (unpaired) electrons. The number of hydrogen-bond donors (Lipinski definition) is 1. The molecule has 0 aliphatic heterocycles. The number of aromatic nitrogens is 1. The van der Waals surface area contributed by atoms with Crippen LogP contribution in [0, 0.1) is 13.7 Å². The van der Waals surface area contributed by atoms with Crippen molar-refractivity contribution in [3.05, 3.63) is 55.8 Å². The summed E-state index contributed by atoms with van der Waals surface area (Å²) in [6.45, 7) is 0. The average molecular weight is 386 g/mol. The molecule has 1 aromatic carbocycles. The Hall–Kier alpha value is -2.23. The van der Waals surface area contributed by atoms with Crippen molar-refractivity contribution in [2.75, 3.05) is 0 Å². The maximum Gasteiger partial charge on any atom is 0.342 e. The molecular weight excluding hydrogens is 379 g/mol. The first-order valence-corrected chi connectivity index (χ1v) is 6.36. The van der Waals surface area contributed by atoms with E-state index in [1.165, 1.54) is 0 Å². The van der Waals surface area contributed by atoms with Gasteiger partial charge in [0.15, 0.2) is 0 Å². The third-order valence-electron chi connectivity index (χ3n) is 2.30. The summed E-state index contributed by atoms with van der Waals surface area (Å²) in [5.74, 6) is -0.962. The normalized spacial score (nSPS) is 10.1. The zero-order chi connectivity index (χ0) is 14.7. The molecule has 0 bridgehead atoms. The van der Waals surface area contributed by atoms with Crippen LogP contribution in [-0.4, -0.2) is 21.0 Å². The van der Waals surface area contributed by atoms with Crippen molar-refractivity contribution in [3.8, 4) is 11.6 Å². The molecule has 0 aliphatic rings. The number of rotatable bonds is 4. The highest BCUT2D eigenvalue weighted by Crippen LogP contribution is 2.26. The highest BCUT2D eigenvalue weighted by molar-refractivity contribution is 14.1. The topological polar surface area (TPSA) is 103 Å². The predicted octanol–water partition coefficient (Wildman–Crippen LogP) is 3.08. The molecule has 2 aromatic rings. The molecule has 0 spiro atoms. The summed E-state index contributed by atoms with van der Waals surface area (Å²) in [7, 11) is 0. The minimum absolute atomic E-state index is 0.0185. The van der Waals surface area contributed by atoms with Crippen LogP contribution >= 0.6 is 22.6 Å². The van der Waals surface area contributed by atoms with Crippen molar-refractivity contribution in [1.29, 1.82) is 0 Å². The van der Waals surface area contributed by atoms with E-state index in [4.69, 9.17) is 9.84 Å². The summed E-state index contributed by atoms with van der Waals surface area (Å²) >= 11 is 2.10. The third-order valence-corrected chi connectivity index (χ3v) is 2.97. The van der Waals surface area contributed by atoms with Crippen LogP contribution in [0.25, 0.3) is 0 Å². The molecule has 20 heavy (non-hydrogen) atoms. The SMILES string of the molecule is O=C(O)c1cc(Oc2cccc(I)c2)ncc1[N+](=O)[O-]. The van der Waals surface area contributed by atoms with Crippen molar-refractivity contribution in [2.24, 2.45) is 0 Å². The van der Waals surface area contributed by atoms with E-state index < -0.39 is 22.1 Å². The number of halogens is 1. The Morgan fingerprint density at radius 1 is 1.40 bits per heavy atom. The maximum atomic E-state index is 11.0. The standard InChI is InChI=1S/C12H7IN2O5/c13-7-2-1-3-8(4-7)20-11-5-9(12(16)17)10(6-14-11)15(18)19/h1-6H,(H,16,17). The van der Waals surface area contributed by atoms with Crippen molar-refractivity contribution >= 4 is 34.2 Å². The van der Waals surface area contributed by atoms with Crippen LogP contribution < -0.4 is 4.74 Å². The molecule has 1 N–H and O–H groups in total. The molecule has 1 aromatic heterocycles. The molecular formula is C12H7IN2O5. The van der Waals surface area contributed by atoms with E-state index in [1.807, 2.05) is 6.07 Å². The van der Waals surface area contributed by atoms with Crippen LogP contribution in [0.3, 0.4) is 0 Å². The highest BCUT2D eigenvalue weighted by atomic mass is 127. The molecule has 0 aliphatic carbocycles. The zero-order valence-corrected chi connectivity index (χ0v) is 12.0. The monoisotopic (exact) mass is 386 g/mol. The number of benzene rings is 1. The molecule has 0 saturated heterocycles. The Labute approximate surface area is 126 Å². The van der Waals surface area contributed by atoms with Gasteiger partial charge in [0.25, 0.3) is 0 Å². The van der Waals surface area contributed by atoms with E-state index in [0.29, 0.717) is 5.75 Å². The minimum atomic E-state index is -1.41. The molecule has 8 heteroatoms. The maximum absolute atomic E-state index is 11.0. The smallest absolute Gasteiger partial charge is 0.342 e. The van der Waals surface area contributed by atoms with Crippen LogP contribution in [0.5, 0.6) is 11.6 Å². The second kappa shape index (κ2) is 5.82. The molecule has 7 nitrogen and oxygen atoms in total. The lowest BCUT2D eigenvalue weighted by Crippen LogP contribution is -2.04. The number of aromatic carboxylic acids is 1. The Kier molecular flexibility index (Phi) is 4.13. The molecule has 0 unspecified atom stereocenters. The average Bonchev–Trinajstić information content (AvgIpc) is 2.38. The third kappa shape index (κ3) is 3.20. The Morgan fingerprint density at radius 3 is 2.75 bits per heavy atom. The number of nitrogens with zero attached hydrogens (tertiary/aromatic N) is 2. The predicted molar refractivity (Wildman–Crippen MR) is 77.1 cm³/mol. The molecule has 0 amide bonds. The van der Waals surface area contributed by atoms with Gasteiger partial charge in [-0.3, -0.25) is 10.1 Å². The van der Waals surface area contributed by atoms with Crippen molar-refractivity contribution in [2.45, 2.75) is 0 Å². The second-order valence-corrected chi connectivity index (χ2v) is 4.91. The Balaban J connectivity index is 2.36. The fourth-order valence-corrected chi connectivity index (χ4v) is 1.97. The van der Waals surface area contributed by atoms with Gasteiger partial charge in [0.2, 0.25) is 5.88 Å². The summed E-state index contributed by atoms with van der Waals surface area (Å²) in [5.41, 5.74) is -1.04. The van der Waals surface area contributed by atoms with Gasteiger partial charge in [-0.1, -0.05) is 6.07 Å². The summed E-state index contributed by atoms with van der Waals surface area (Å²) < 4.78 is 6.31. The first kappa shape index (κ1) is 14.2. The Morgan fingerprint density at radius 2 is 2.15 bits per heavy atom. The van der Waals surface area contributed by atoms with Gasteiger partial charge in [-0.15, -0.1) is 0 Å². The van der Waals surface area contributed by atoms with Crippen LogP contribution in [-0.2, 0) is 0 Å². The summed E-state index contributed by atoms with van der Waals surface area (Å²) in [6, 6.07) is 8.05. The molecule has 1 heterocycles. The molecule has 0 atom stereocenters. The summed E-state index contributed by atoms with van der Waals surface area (Å²) in [4.78, 5) is 24.6. The number of hydrogen-bond acceptors (Lipinski definition) is 5. The van der Waals surface area contributed by atoms with Crippen LogP contribution in [0.15, 0.2) is 36.5 Å². The van der Waals surface area contributed by atoms with Crippen LogP contribution in [0.2, 0.25) is 0 Å². The van der Waals surface area contributed by atoms with Gasteiger partial charge in [0.05, 0.1) is 4.92 Å². The number of nitro groups is 1. The number of carbonyl (C=O) groups is 1. The highest BCUT2D eigenvalue weighted by Gasteiger charge is 2.21. The van der Waals surface area contributed by atoms with Gasteiger partial charge < -0.3 is 9.84 Å². The number of ether oxygens (including phenoxy) is 1. The number of pyridine rings is 1. The largest absolute Gasteiger partial charge is 0.477 e.